The third-order valence-electron chi connectivity index (χ3n) is 5.90. The van der Waals surface area contributed by atoms with Gasteiger partial charge in [0.15, 0.2) is 11.9 Å². The fourth-order valence-corrected chi connectivity index (χ4v) is 4.50. The number of fused-ring (bicyclic) bond motifs is 3. The van der Waals surface area contributed by atoms with Crippen LogP contribution in [0.25, 0.3) is 0 Å². The molecule has 0 unspecified atom stereocenters. The molecule has 3 heterocycles. The van der Waals surface area contributed by atoms with Crippen LogP contribution in [-0.4, -0.2) is 40.3 Å². The first-order chi connectivity index (χ1) is 14.8. The lowest BCUT2D eigenvalue weighted by molar-refractivity contribution is -0.141. The van der Waals surface area contributed by atoms with Crippen molar-refractivity contribution in [2.75, 3.05) is 0 Å². The first kappa shape index (κ1) is 19.6. The number of hydrogen-bond donors (Lipinski definition) is 0. The molecule has 1 aliphatic carbocycles. The molecule has 0 N–H and O–H groups in total. The van der Waals surface area contributed by atoms with Crippen LogP contribution in [0.5, 0.6) is 5.75 Å². The second-order valence-electron chi connectivity index (χ2n) is 8.47. The Morgan fingerprint density at radius 3 is 2.61 bits per heavy atom. The third-order valence-corrected chi connectivity index (χ3v) is 5.90. The molecule has 1 aromatic heterocycles. The van der Waals surface area contributed by atoms with Gasteiger partial charge in [0, 0.05) is 5.57 Å². The van der Waals surface area contributed by atoms with Crippen LogP contribution in [-0.2, 0) is 20.9 Å². The lowest BCUT2D eigenvalue weighted by Crippen LogP contribution is -2.50. The van der Waals surface area contributed by atoms with Crippen LogP contribution in [0.15, 0.2) is 47.5 Å². The van der Waals surface area contributed by atoms with Crippen molar-refractivity contribution in [3.8, 4) is 5.75 Å². The van der Waals surface area contributed by atoms with E-state index in [-0.39, 0.29) is 34.6 Å². The number of benzene rings is 1. The Balaban J connectivity index is 1.56. The van der Waals surface area contributed by atoms with Gasteiger partial charge < -0.3 is 14.2 Å². The average Bonchev–Trinajstić information content (AvgIpc) is 3.09. The average molecular weight is 419 g/mol. The maximum absolute atomic E-state index is 13.5. The molecule has 0 radical (unpaired) electrons. The van der Waals surface area contributed by atoms with E-state index in [1.54, 1.807) is 26.8 Å². The summed E-state index contributed by atoms with van der Waals surface area (Å²) in [5.41, 5.74) is 1.10. The van der Waals surface area contributed by atoms with Crippen LogP contribution in [0, 0.1) is 6.92 Å². The summed E-state index contributed by atoms with van der Waals surface area (Å²) in [5.74, 6) is -0.761. The van der Waals surface area contributed by atoms with Gasteiger partial charge in [-0.2, -0.15) is 0 Å². The van der Waals surface area contributed by atoms with E-state index in [4.69, 9.17) is 14.2 Å². The summed E-state index contributed by atoms with van der Waals surface area (Å²) in [4.78, 5) is 43.2. The number of pyridine rings is 1. The Bertz CT molecular complexity index is 1160. The maximum atomic E-state index is 13.5. The van der Waals surface area contributed by atoms with Crippen LogP contribution in [0.4, 0.5) is 0 Å². The lowest BCUT2D eigenvalue weighted by atomic mass is 9.74. The zero-order valence-corrected chi connectivity index (χ0v) is 17.4. The predicted molar refractivity (Wildman–Crippen MR) is 109 cm³/mol. The minimum Gasteiger partial charge on any atom is -0.487 e. The van der Waals surface area contributed by atoms with E-state index in [1.807, 2.05) is 30.3 Å². The van der Waals surface area contributed by atoms with E-state index in [9.17, 15) is 14.4 Å². The zero-order chi connectivity index (χ0) is 21.9. The topological polar surface area (TPSA) is 91.8 Å². The van der Waals surface area contributed by atoms with Gasteiger partial charge in [-0.25, -0.2) is 4.98 Å². The predicted octanol–water partition coefficient (Wildman–Crippen LogP) is 3.14. The van der Waals surface area contributed by atoms with Gasteiger partial charge in [-0.1, -0.05) is 30.3 Å². The Morgan fingerprint density at radius 1 is 1.13 bits per heavy atom. The number of esters is 1. The van der Waals surface area contributed by atoms with Crippen molar-refractivity contribution >= 4 is 17.5 Å². The molecular formula is C24H21NO6. The highest BCUT2D eigenvalue weighted by Gasteiger charge is 2.55. The normalized spacial score (nSPS) is 23.8. The third kappa shape index (κ3) is 3.08. The maximum Gasteiger partial charge on any atom is 0.309 e. The Kier molecular flexibility index (Phi) is 4.34. The summed E-state index contributed by atoms with van der Waals surface area (Å²) in [6.45, 7) is 5.50. The molecule has 7 nitrogen and oxygen atoms in total. The van der Waals surface area contributed by atoms with Gasteiger partial charge in [0.1, 0.15) is 24.2 Å². The summed E-state index contributed by atoms with van der Waals surface area (Å²) in [6.07, 6.45) is -1.41. The highest BCUT2D eigenvalue weighted by molar-refractivity contribution is 6.27. The van der Waals surface area contributed by atoms with Gasteiger partial charge in [-0.3, -0.25) is 14.4 Å². The minimum atomic E-state index is -1.04. The molecule has 7 heteroatoms. The van der Waals surface area contributed by atoms with Gasteiger partial charge >= 0.3 is 5.97 Å². The molecule has 1 aromatic carbocycles. The molecule has 158 valence electrons. The monoisotopic (exact) mass is 419 g/mol. The van der Waals surface area contributed by atoms with Crippen molar-refractivity contribution < 1.29 is 28.6 Å². The Morgan fingerprint density at radius 2 is 1.87 bits per heavy atom. The van der Waals surface area contributed by atoms with E-state index in [0.29, 0.717) is 18.1 Å². The largest absolute Gasteiger partial charge is 0.487 e. The molecule has 3 aliphatic rings. The first-order valence-electron chi connectivity index (χ1n) is 10.2. The van der Waals surface area contributed by atoms with Crippen LogP contribution >= 0.6 is 0 Å². The number of nitrogens with zero attached hydrogens (tertiary/aromatic N) is 1. The fraction of sp³-hybridized carbons (Fsp3) is 0.333. The Labute approximate surface area is 179 Å². The van der Waals surface area contributed by atoms with Gasteiger partial charge in [0.05, 0.1) is 28.9 Å². The molecule has 0 spiro atoms. The summed E-state index contributed by atoms with van der Waals surface area (Å²) in [6, 6.07) is 11.2. The van der Waals surface area contributed by atoms with Gasteiger partial charge in [0.25, 0.3) is 0 Å². The van der Waals surface area contributed by atoms with Gasteiger partial charge in [0.2, 0.25) is 5.78 Å². The van der Waals surface area contributed by atoms with Crippen LogP contribution in [0.3, 0.4) is 0 Å². The summed E-state index contributed by atoms with van der Waals surface area (Å²) >= 11 is 0. The minimum absolute atomic E-state index is 0.0535. The number of rotatable bonds is 3. The smallest absolute Gasteiger partial charge is 0.309 e. The van der Waals surface area contributed by atoms with Crippen LogP contribution in [0.1, 0.15) is 52.4 Å². The fourth-order valence-electron chi connectivity index (χ4n) is 4.50. The molecule has 0 saturated carbocycles. The number of hydrogen-bond acceptors (Lipinski definition) is 7. The highest BCUT2D eigenvalue weighted by atomic mass is 16.6. The Hall–Kier alpha value is -3.32. The number of ether oxygens (including phenoxy) is 3. The summed E-state index contributed by atoms with van der Waals surface area (Å²) < 4.78 is 17.3. The number of carbonyl (C=O) groups is 3. The summed E-state index contributed by atoms with van der Waals surface area (Å²) in [5, 5.41) is 0. The van der Waals surface area contributed by atoms with Crippen LogP contribution in [0.2, 0.25) is 0 Å². The van der Waals surface area contributed by atoms with Crippen molar-refractivity contribution in [3.05, 3.63) is 70.1 Å². The van der Waals surface area contributed by atoms with Gasteiger partial charge in [-0.15, -0.1) is 0 Å². The van der Waals surface area contributed by atoms with Crippen LogP contribution < -0.4 is 4.74 Å². The number of ketones is 2. The molecule has 5 rings (SSSR count). The van der Waals surface area contributed by atoms with E-state index < -0.39 is 29.6 Å². The van der Waals surface area contributed by atoms with E-state index in [2.05, 4.69) is 4.98 Å². The van der Waals surface area contributed by atoms with Crippen molar-refractivity contribution in [2.24, 2.45) is 0 Å². The molecule has 1 fully saturated rings. The molecule has 0 bridgehead atoms. The number of carbonyl (C=O) groups excluding carboxylic acids is 3. The van der Waals surface area contributed by atoms with E-state index in [1.165, 1.54) is 0 Å². The highest BCUT2D eigenvalue weighted by Crippen LogP contribution is 2.45. The molecule has 0 amide bonds. The standard InChI is InChI=1S/C24H21NO6/c1-12-15(29-11-13-7-5-4-6-8-13)9-14-20(25-12)22(28)18-19(21(14)27)24(2,3)31-16-10-17(26)30-23(16)18/h4-9,16,23H,10-11H2,1-3H3/t16-,23+/m1/s1. The SMILES string of the molecule is Cc1nc2c(cc1OCc1ccccc1)C(=O)C1=C(C2=O)[C@H]2OC(=O)C[C@H]2OC1(C)C. The van der Waals surface area contributed by atoms with Gasteiger partial charge in [-0.05, 0) is 32.4 Å². The zero-order valence-electron chi connectivity index (χ0n) is 17.4. The molecule has 31 heavy (non-hydrogen) atoms. The second kappa shape index (κ2) is 6.85. The number of aromatic nitrogens is 1. The van der Waals surface area contributed by atoms with E-state index in [0.717, 1.165) is 5.56 Å². The second-order valence-corrected chi connectivity index (χ2v) is 8.47. The van der Waals surface area contributed by atoms with Crippen molar-refractivity contribution in [1.29, 1.82) is 0 Å². The molecule has 2 aromatic rings. The first-order valence-corrected chi connectivity index (χ1v) is 10.2. The summed E-state index contributed by atoms with van der Waals surface area (Å²) in [7, 11) is 0. The van der Waals surface area contributed by atoms with Crippen molar-refractivity contribution in [1.82, 2.24) is 4.98 Å². The quantitative estimate of drug-likeness (QED) is 0.706. The van der Waals surface area contributed by atoms with E-state index >= 15 is 0 Å². The number of aryl methyl sites for hydroxylation is 1. The molecule has 2 atom stereocenters. The molecule has 2 aliphatic heterocycles. The molecular weight excluding hydrogens is 398 g/mol. The van der Waals surface area contributed by atoms with Crippen molar-refractivity contribution in [2.45, 2.75) is 51.6 Å². The molecule has 1 saturated heterocycles. The van der Waals surface area contributed by atoms with Crippen molar-refractivity contribution in [3.63, 3.8) is 0 Å². The number of Topliss-reactive ketones (excluding diaryl/α,β-unsaturated/α-hetero) is 2. The lowest BCUT2D eigenvalue weighted by Gasteiger charge is -2.41.